The molecule has 0 N–H and O–H groups in total. The summed E-state index contributed by atoms with van der Waals surface area (Å²) in [5.74, 6) is -0.259. The maximum absolute atomic E-state index is 13.1. The number of piperidine rings is 2. The Morgan fingerprint density at radius 2 is 1.87 bits per heavy atom. The van der Waals surface area contributed by atoms with Crippen LogP contribution >= 0.6 is 0 Å². The molecule has 0 unspecified atom stereocenters. The lowest BCUT2D eigenvalue weighted by Crippen LogP contribution is -2.46. The summed E-state index contributed by atoms with van der Waals surface area (Å²) >= 11 is 0. The molecule has 0 radical (unpaired) electrons. The number of anilines is 1. The molecule has 0 saturated carbocycles. The summed E-state index contributed by atoms with van der Waals surface area (Å²) in [6, 6.07) is 5.49. The van der Waals surface area contributed by atoms with E-state index in [4.69, 9.17) is 4.74 Å². The van der Waals surface area contributed by atoms with Crippen molar-refractivity contribution in [1.29, 1.82) is 0 Å². The number of ether oxygens (including phenoxy) is 1. The molecule has 3 heterocycles. The molecule has 4 rings (SSSR count). The molecule has 2 saturated heterocycles. The fraction of sp³-hybridized carbons (Fsp3) is 0.609. The number of carbonyl (C=O) groups excluding carboxylic acids is 3. The SMILES string of the molecule is COCCCN1C(=O)c2cccc(N3CCC[C@H](C(=O)N4CCCCC4)C3)c2C1=O. The van der Waals surface area contributed by atoms with Gasteiger partial charge in [-0.1, -0.05) is 6.07 Å². The van der Waals surface area contributed by atoms with Gasteiger partial charge in [0.2, 0.25) is 5.91 Å². The highest BCUT2D eigenvalue weighted by Gasteiger charge is 2.39. The zero-order valence-electron chi connectivity index (χ0n) is 17.8. The van der Waals surface area contributed by atoms with Gasteiger partial charge in [-0.25, -0.2) is 0 Å². The summed E-state index contributed by atoms with van der Waals surface area (Å²) in [7, 11) is 1.61. The van der Waals surface area contributed by atoms with Gasteiger partial charge in [-0.15, -0.1) is 0 Å². The number of benzene rings is 1. The van der Waals surface area contributed by atoms with Crippen molar-refractivity contribution >= 4 is 23.4 Å². The zero-order valence-corrected chi connectivity index (χ0v) is 17.8. The van der Waals surface area contributed by atoms with E-state index < -0.39 is 0 Å². The van der Waals surface area contributed by atoms with E-state index in [1.807, 2.05) is 17.0 Å². The molecule has 0 aliphatic carbocycles. The molecule has 1 aromatic carbocycles. The van der Waals surface area contributed by atoms with Gasteiger partial charge in [0.05, 0.1) is 22.7 Å². The Morgan fingerprint density at radius 1 is 1.07 bits per heavy atom. The normalized spacial score (nSPS) is 21.9. The van der Waals surface area contributed by atoms with E-state index in [-0.39, 0.29) is 23.6 Å². The quantitative estimate of drug-likeness (QED) is 0.530. The van der Waals surface area contributed by atoms with Gasteiger partial charge in [-0.3, -0.25) is 19.3 Å². The Bertz CT molecular complexity index is 819. The summed E-state index contributed by atoms with van der Waals surface area (Å²) in [5.41, 5.74) is 1.75. The second-order valence-corrected chi connectivity index (χ2v) is 8.48. The highest BCUT2D eigenvalue weighted by atomic mass is 16.5. The molecule has 1 atom stereocenters. The van der Waals surface area contributed by atoms with Crippen molar-refractivity contribution in [3.63, 3.8) is 0 Å². The van der Waals surface area contributed by atoms with Gasteiger partial charge >= 0.3 is 0 Å². The van der Waals surface area contributed by atoms with Crippen LogP contribution < -0.4 is 4.90 Å². The van der Waals surface area contributed by atoms with Gasteiger partial charge < -0.3 is 14.5 Å². The number of carbonyl (C=O) groups is 3. The summed E-state index contributed by atoms with van der Waals surface area (Å²) in [6.45, 7) is 3.99. The molecule has 1 aromatic rings. The van der Waals surface area contributed by atoms with Crippen LogP contribution in [-0.2, 0) is 9.53 Å². The van der Waals surface area contributed by atoms with Crippen LogP contribution in [0.2, 0.25) is 0 Å². The fourth-order valence-corrected chi connectivity index (χ4v) is 4.92. The third-order valence-corrected chi connectivity index (χ3v) is 6.49. The maximum Gasteiger partial charge on any atom is 0.263 e. The van der Waals surface area contributed by atoms with Crippen LogP contribution in [0.5, 0.6) is 0 Å². The van der Waals surface area contributed by atoms with Crippen molar-refractivity contribution in [3.05, 3.63) is 29.3 Å². The van der Waals surface area contributed by atoms with Crippen LogP contribution in [0.25, 0.3) is 0 Å². The second kappa shape index (κ2) is 9.16. The second-order valence-electron chi connectivity index (χ2n) is 8.48. The summed E-state index contributed by atoms with van der Waals surface area (Å²) in [6.07, 6.45) is 5.79. The van der Waals surface area contributed by atoms with E-state index in [1.54, 1.807) is 13.2 Å². The van der Waals surface area contributed by atoms with E-state index >= 15 is 0 Å². The largest absolute Gasteiger partial charge is 0.385 e. The Hall–Kier alpha value is -2.41. The molecule has 3 amide bonds. The number of likely N-dealkylation sites (tertiary alicyclic amines) is 1. The monoisotopic (exact) mass is 413 g/mol. The van der Waals surface area contributed by atoms with Crippen molar-refractivity contribution < 1.29 is 19.1 Å². The smallest absolute Gasteiger partial charge is 0.263 e. The maximum atomic E-state index is 13.1. The highest BCUT2D eigenvalue weighted by Crippen LogP contribution is 2.34. The van der Waals surface area contributed by atoms with E-state index in [9.17, 15) is 14.4 Å². The molecule has 3 aliphatic heterocycles. The van der Waals surface area contributed by atoms with Crippen LogP contribution in [0.4, 0.5) is 5.69 Å². The molecule has 0 aromatic heterocycles. The van der Waals surface area contributed by atoms with Crippen molar-refractivity contribution in [2.24, 2.45) is 5.92 Å². The first kappa shape index (κ1) is 20.8. The van der Waals surface area contributed by atoms with Crippen LogP contribution in [0.3, 0.4) is 0 Å². The van der Waals surface area contributed by atoms with E-state index in [2.05, 4.69) is 4.90 Å². The Kier molecular flexibility index (Phi) is 6.37. The summed E-state index contributed by atoms with van der Waals surface area (Å²) in [4.78, 5) is 44.4. The number of methoxy groups -OCH3 is 1. The summed E-state index contributed by atoms with van der Waals surface area (Å²) < 4.78 is 5.06. The molecule has 0 bridgehead atoms. The Labute approximate surface area is 177 Å². The highest BCUT2D eigenvalue weighted by molar-refractivity contribution is 6.23. The number of hydrogen-bond acceptors (Lipinski definition) is 5. The molecule has 3 aliphatic rings. The Balaban J connectivity index is 1.52. The number of imide groups is 1. The van der Waals surface area contributed by atoms with Crippen molar-refractivity contribution in [2.45, 2.75) is 38.5 Å². The van der Waals surface area contributed by atoms with Crippen LogP contribution in [-0.4, -0.2) is 74.0 Å². The minimum Gasteiger partial charge on any atom is -0.385 e. The van der Waals surface area contributed by atoms with E-state index in [0.717, 1.165) is 51.0 Å². The molecule has 30 heavy (non-hydrogen) atoms. The van der Waals surface area contributed by atoms with Crippen LogP contribution in [0.1, 0.15) is 59.2 Å². The van der Waals surface area contributed by atoms with Gasteiger partial charge in [0.25, 0.3) is 11.8 Å². The molecule has 7 heteroatoms. The topological polar surface area (TPSA) is 70.2 Å². The fourth-order valence-electron chi connectivity index (χ4n) is 4.92. The zero-order chi connectivity index (χ0) is 21.1. The molecule has 7 nitrogen and oxygen atoms in total. The number of hydrogen-bond donors (Lipinski definition) is 0. The average Bonchev–Trinajstić information content (AvgIpc) is 3.04. The van der Waals surface area contributed by atoms with Gasteiger partial charge in [0.15, 0.2) is 0 Å². The molecule has 0 spiro atoms. The average molecular weight is 414 g/mol. The Morgan fingerprint density at radius 3 is 2.63 bits per heavy atom. The lowest BCUT2D eigenvalue weighted by Gasteiger charge is -2.37. The predicted octanol–water partition coefficient (Wildman–Crippen LogP) is 2.55. The lowest BCUT2D eigenvalue weighted by atomic mass is 9.94. The number of rotatable bonds is 6. The minimum absolute atomic E-state index is 0.0438. The van der Waals surface area contributed by atoms with Crippen molar-refractivity contribution in [2.75, 3.05) is 51.3 Å². The number of amides is 3. The van der Waals surface area contributed by atoms with Gasteiger partial charge in [-0.2, -0.15) is 0 Å². The van der Waals surface area contributed by atoms with Gasteiger partial charge in [0.1, 0.15) is 0 Å². The first-order chi connectivity index (χ1) is 14.6. The summed E-state index contributed by atoms with van der Waals surface area (Å²) in [5, 5.41) is 0. The molecular weight excluding hydrogens is 382 g/mol. The van der Waals surface area contributed by atoms with E-state index in [1.165, 1.54) is 11.3 Å². The van der Waals surface area contributed by atoms with E-state index in [0.29, 0.717) is 37.2 Å². The van der Waals surface area contributed by atoms with Crippen molar-refractivity contribution in [3.8, 4) is 0 Å². The molecule has 162 valence electrons. The third kappa shape index (κ3) is 3.95. The molecule has 2 fully saturated rings. The number of fused-ring (bicyclic) bond motifs is 1. The van der Waals surface area contributed by atoms with Crippen LogP contribution in [0.15, 0.2) is 18.2 Å². The third-order valence-electron chi connectivity index (χ3n) is 6.49. The molecular formula is C23H31N3O4. The lowest BCUT2D eigenvalue weighted by molar-refractivity contribution is -0.136. The van der Waals surface area contributed by atoms with Crippen molar-refractivity contribution in [1.82, 2.24) is 9.80 Å². The predicted molar refractivity (Wildman–Crippen MR) is 114 cm³/mol. The standard InChI is InChI=1S/C23H31N3O4/c1-30-15-7-14-26-22(28)18-9-5-10-19(20(18)23(26)29)25-13-6-8-17(16-25)21(27)24-11-3-2-4-12-24/h5,9-10,17H,2-4,6-8,11-16H2,1H3/t17-/m0/s1. The number of nitrogens with zero attached hydrogens (tertiary/aromatic N) is 3. The van der Waals surface area contributed by atoms with Gasteiger partial charge in [-0.05, 0) is 50.7 Å². The minimum atomic E-state index is -0.231. The van der Waals surface area contributed by atoms with Gasteiger partial charge in [0, 0.05) is 46.4 Å². The first-order valence-corrected chi connectivity index (χ1v) is 11.1. The van der Waals surface area contributed by atoms with Crippen LogP contribution in [0, 0.1) is 5.92 Å². The first-order valence-electron chi connectivity index (χ1n) is 11.1.